The number of rotatable bonds is 8. The van der Waals surface area contributed by atoms with E-state index < -0.39 is 0 Å². The second-order valence-electron chi connectivity index (χ2n) is 7.69. The summed E-state index contributed by atoms with van der Waals surface area (Å²) in [7, 11) is 0. The topological polar surface area (TPSA) is 18.5 Å². The Kier molecular flexibility index (Phi) is 6.26. The van der Waals surface area contributed by atoms with Crippen LogP contribution in [0.4, 0.5) is 0 Å². The second-order valence-corrected chi connectivity index (χ2v) is 7.69. The van der Waals surface area contributed by atoms with Crippen LogP contribution in [0.5, 0.6) is 11.5 Å². The molecule has 0 bridgehead atoms. The van der Waals surface area contributed by atoms with Crippen LogP contribution in [-0.2, 0) is 0 Å². The third-order valence-corrected chi connectivity index (χ3v) is 5.11. The monoisotopic (exact) mass is 364 g/mol. The van der Waals surface area contributed by atoms with Crippen LogP contribution in [0.2, 0.25) is 0 Å². The highest BCUT2D eigenvalue weighted by molar-refractivity contribution is 6.11. The van der Waals surface area contributed by atoms with E-state index in [4.69, 9.17) is 9.47 Å². The zero-order chi connectivity index (χ0) is 19.4. The zero-order valence-corrected chi connectivity index (χ0v) is 17.3. The van der Waals surface area contributed by atoms with Crippen molar-refractivity contribution in [3.8, 4) is 11.5 Å². The van der Waals surface area contributed by atoms with Crippen molar-refractivity contribution in [3.05, 3.63) is 48.0 Å². The minimum absolute atomic E-state index is 0.188. The number of aryl methyl sites for hydroxylation is 1. The van der Waals surface area contributed by atoms with Gasteiger partial charge in [-0.2, -0.15) is 0 Å². The number of fused-ring (bicyclic) bond motifs is 2. The maximum absolute atomic E-state index is 6.49. The molecule has 2 nitrogen and oxygen atoms in total. The predicted octanol–water partition coefficient (Wildman–Crippen LogP) is 7.44. The van der Waals surface area contributed by atoms with Crippen LogP contribution in [0.3, 0.4) is 0 Å². The van der Waals surface area contributed by atoms with Gasteiger partial charge in [0.25, 0.3) is 0 Å². The van der Waals surface area contributed by atoms with Crippen molar-refractivity contribution in [2.45, 2.75) is 72.5 Å². The summed E-state index contributed by atoms with van der Waals surface area (Å²) in [5, 5.41) is 4.56. The average Bonchev–Trinajstić information content (AvgIpc) is 2.64. The van der Waals surface area contributed by atoms with Crippen LogP contribution in [0, 0.1) is 6.92 Å². The Morgan fingerprint density at radius 2 is 1.19 bits per heavy atom. The van der Waals surface area contributed by atoms with Gasteiger partial charge in [0, 0.05) is 21.5 Å². The molecule has 0 aromatic heterocycles. The fourth-order valence-corrected chi connectivity index (χ4v) is 3.80. The Labute approximate surface area is 163 Å². The smallest absolute Gasteiger partial charge is 0.135 e. The molecular formula is C25H32O2. The molecule has 2 unspecified atom stereocenters. The zero-order valence-electron chi connectivity index (χ0n) is 17.3. The summed E-state index contributed by atoms with van der Waals surface area (Å²) in [6.45, 7) is 10.9. The molecule has 0 spiro atoms. The molecule has 0 fully saturated rings. The first-order valence-electron chi connectivity index (χ1n) is 10.3. The lowest BCUT2D eigenvalue weighted by atomic mass is 9.98. The minimum Gasteiger partial charge on any atom is -0.489 e. The van der Waals surface area contributed by atoms with Crippen LogP contribution in [0.25, 0.3) is 21.5 Å². The van der Waals surface area contributed by atoms with Gasteiger partial charge < -0.3 is 9.47 Å². The van der Waals surface area contributed by atoms with E-state index in [-0.39, 0.29) is 12.2 Å². The molecule has 0 aliphatic carbocycles. The Morgan fingerprint density at radius 1 is 0.704 bits per heavy atom. The Morgan fingerprint density at radius 3 is 1.70 bits per heavy atom. The summed E-state index contributed by atoms with van der Waals surface area (Å²) in [4.78, 5) is 0. The highest BCUT2D eigenvalue weighted by Crippen LogP contribution is 2.44. The highest BCUT2D eigenvalue weighted by Gasteiger charge is 2.19. The molecule has 3 rings (SSSR count). The lowest BCUT2D eigenvalue weighted by Crippen LogP contribution is -2.13. The van der Waals surface area contributed by atoms with Gasteiger partial charge in [-0.1, -0.05) is 68.7 Å². The molecule has 0 saturated carbocycles. The quantitative estimate of drug-likeness (QED) is 0.387. The number of hydrogen-bond donors (Lipinski definition) is 0. The molecule has 3 aromatic rings. The van der Waals surface area contributed by atoms with Crippen LogP contribution in [0.1, 0.15) is 58.9 Å². The van der Waals surface area contributed by atoms with Crippen molar-refractivity contribution < 1.29 is 9.47 Å². The van der Waals surface area contributed by atoms with Gasteiger partial charge in [0.2, 0.25) is 0 Å². The van der Waals surface area contributed by atoms with Crippen LogP contribution in [-0.4, -0.2) is 12.2 Å². The number of benzene rings is 3. The summed E-state index contributed by atoms with van der Waals surface area (Å²) < 4.78 is 13.0. The van der Waals surface area contributed by atoms with Crippen LogP contribution in [0.15, 0.2) is 42.5 Å². The summed E-state index contributed by atoms with van der Waals surface area (Å²) in [6.07, 6.45) is 4.71. The van der Waals surface area contributed by atoms with Gasteiger partial charge in [-0.25, -0.2) is 0 Å². The van der Waals surface area contributed by atoms with E-state index in [9.17, 15) is 0 Å². The summed E-state index contributed by atoms with van der Waals surface area (Å²) in [5.41, 5.74) is 1.23. The third kappa shape index (κ3) is 4.21. The fraction of sp³-hybridized carbons (Fsp3) is 0.440. The van der Waals surface area contributed by atoms with E-state index >= 15 is 0 Å². The number of hydrogen-bond acceptors (Lipinski definition) is 2. The van der Waals surface area contributed by atoms with Gasteiger partial charge in [-0.3, -0.25) is 0 Å². The van der Waals surface area contributed by atoms with Crippen molar-refractivity contribution in [2.24, 2.45) is 0 Å². The maximum Gasteiger partial charge on any atom is 0.135 e. The predicted molar refractivity (Wildman–Crippen MR) is 116 cm³/mol. The number of ether oxygens (including phenoxy) is 2. The van der Waals surface area contributed by atoms with E-state index in [1.807, 2.05) is 0 Å². The van der Waals surface area contributed by atoms with Gasteiger partial charge in [0.15, 0.2) is 0 Å². The normalized spacial score (nSPS) is 13.7. The molecule has 2 heteroatoms. The molecule has 144 valence electrons. The van der Waals surface area contributed by atoms with Crippen molar-refractivity contribution in [2.75, 3.05) is 0 Å². The Hall–Kier alpha value is -2.22. The molecular weight excluding hydrogens is 332 g/mol. The molecule has 3 aromatic carbocycles. The largest absolute Gasteiger partial charge is 0.489 e. The van der Waals surface area contributed by atoms with E-state index in [0.29, 0.717) is 0 Å². The first-order chi connectivity index (χ1) is 13.0. The highest BCUT2D eigenvalue weighted by atomic mass is 16.5. The third-order valence-electron chi connectivity index (χ3n) is 5.11. The molecule has 0 amide bonds. The van der Waals surface area contributed by atoms with Gasteiger partial charge >= 0.3 is 0 Å². The van der Waals surface area contributed by atoms with E-state index in [1.54, 1.807) is 0 Å². The summed E-state index contributed by atoms with van der Waals surface area (Å²) in [6, 6.07) is 15.0. The standard InChI is InChI=1S/C25H32O2/c1-6-10-18(4)26-24-20-12-8-9-13-21(20)25(27-19(5)11-7-2)23-16-17(3)14-15-22(23)24/h8-9,12-16,18-19H,6-7,10-11H2,1-5H3. The van der Waals surface area contributed by atoms with Gasteiger partial charge in [0.05, 0.1) is 12.2 Å². The maximum atomic E-state index is 6.49. The van der Waals surface area contributed by atoms with Crippen molar-refractivity contribution in [1.29, 1.82) is 0 Å². The first-order valence-corrected chi connectivity index (χ1v) is 10.3. The van der Waals surface area contributed by atoms with Gasteiger partial charge in [0.1, 0.15) is 11.5 Å². The summed E-state index contributed by atoms with van der Waals surface area (Å²) in [5.74, 6) is 1.97. The van der Waals surface area contributed by atoms with Crippen LogP contribution >= 0.6 is 0 Å². The SMILES string of the molecule is CCCC(C)Oc1c2ccccc2c(OC(C)CCC)c2cc(C)ccc12. The molecule has 27 heavy (non-hydrogen) atoms. The Bertz CT molecular complexity index is 913. The Balaban J connectivity index is 2.26. The van der Waals surface area contributed by atoms with Gasteiger partial charge in [-0.15, -0.1) is 0 Å². The fourth-order valence-electron chi connectivity index (χ4n) is 3.80. The van der Waals surface area contributed by atoms with Crippen molar-refractivity contribution >= 4 is 21.5 Å². The molecule has 2 atom stereocenters. The summed E-state index contributed by atoms with van der Waals surface area (Å²) >= 11 is 0. The van der Waals surface area contributed by atoms with Crippen molar-refractivity contribution in [1.82, 2.24) is 0 Å². The van der Waals surface area contributed by atoms with Crippen molar-refractivity contribution in [3.63, 3.8) is 0 Å². The average molecular weight is 365 g/mol. The molecule has 0 heterocycles. The lowest BCUT2D eigenvalue weighted by Gasteiger charge is -2.23. The van der Waals surface area contributed by atoms with E-state index in [0.717, 1.165) is 58.7 Å². The van der Waals surface area contributed by atoms with Gasteiger partial charge in [-0.05, 0) is 39.7 Å². The lowest BCUT2D eigenvalue weighted by molar-refractivity contribution is 0.211. The molecule has 0 radical (unpaired) electrons. The molecule has 0 saturated heterocycles. The second kappa shape index (κ2) is 8.65. The molecule has 0 N–H and O–H groups in total. The van der Waals surface area contributed by atoms with E-state index in [1.165, 1.54) is 5.56 Å². The van der Waals surface area contributed by atoms with Crippen LogP contribution < -0.4 is 9.47 Å². The molecule has 0 aliphatic rings. The van der Waals surface area contributed by atoms with E-state index in [2.05, 4.69) is 77.1 Å². The minimum atomic E-state index is 0.188. The first kappa shape index (κ1) is 19.5. The molecule has 0 aliphatic heterocycles.